The van der Waals surface area contributed by atoms with Crippen LogP contribution in [0.15, 0.2) is 18.2 Å². The van der Waals surface area contributed by atoms with Crippen LogP contribution in [-0.4, -0.2) is 22.5 Å². The number of halogens is 1. The summed E-state index contributed by atoms with van der Waals surface area (Å²) in [7, 11) is 1.62. The lowest BCUT2D eigenvalue weighted by atomic mass is 10.3. The molecule has 1 amide bonds. The van der Waals surface area contributed by atoms with E-state index in [2.05, 4.69) is 10.3 Å². The zero-order valence-electron chi connectivity index (χ0n) is 9.29. The fourth-order valence-corrected chi connectivity index (χ4v) is 2.15. The first-order valence-electron chi connectivity index (χ1n) is 5.20. The minimum atomic E-state index is -0.0109. The zero-order valence-corrected chi connectivity index (χ0v) is 10.9. The largest absolute Gasteiger partial charge is 0.359 e. The van der Waals surface area contributed by atoms with Gasteiger partial charge in [-0.1, -0.05) is 11.6 Å². The molecule has 0 radical (unpaired) electrons. The number of H-pyrrole nitrogens is 1. The van der Waals surface area contributed by atoms with Crippen LogP contribution in [0.5, 0.6) is 0 Å². The standard InChI is InChI=1S/C11H12ClN3OS/c1-13-10(16)4-5-15-9-6-7(12)2-3-8(9)14-11(15)17/h2-3,6H,4-5H2,1H3,(H,13,16)(H,14,17). The van der Waals surface area contributed by atoms with E-state index >= 15 is 0 Å². The average Bonchev–Trinajstić information content (AvgIpc) is 2.61. The van der Waals surface area contributed by atoms with Crippen LogP contribution in [0, 0.1) is 4.77 Å². The molecule has 2 N–H and O–H groups in total. The number of amides is 1. The van der Waals surface area contributed by atoms with E-state index in [4.69, 9.17) is 23.8 Å². The maximum Gasteiger partial charge on any atom is 0.221 e. The Labute approximate surface area is 109 Å². The van der Waals surface area contributed by atoms with Crippen molar-refractivity contribution in [3.63, 3.8) is 0 Å². The molecule has 0 bridgehead atoms. The maximum absolute atomic E-state index is 11.2. The first-order chi connectivity index (χ1) is 8.11. The molecule has 90 valence electrons. The topological polar surface area (TPSA) is 49.8 Å². The van der Waals surface area contributed by atoms with E-state index in [1.54, 1.807) is 13.1 Å². The Morgan fingerprint density at radius 3 is 3.06 bits per heavy atom. The van der Waals surface area contributed by atoms with Gasteiger partial charge < -0.3 is 14.9 Å². The smallest absolute Gasteiger partial charge is 0.221 e. The van der Waals surface area contributed by atoms with Crippen molar-refractivity contribution in [2.75, 3.05) is 7.05 Å². The summed E-state index contributed by atoms with van der Waals surface area (Å²) >= 11 is 11.2. The van der Waals surface area contributed by atoms with E-state index in [1.165, 1.54) is 0 Å². The number of aromatic amines is 1. The van der Waals surface area contributed by atoms with Gasteiger partial charge in [0.2, 0.25) is 5.91 Å². The lowest BCUT2D eigenvalue weighted by Gasteiger charge is -2.03. The Morgan fingerprint density at radius 1 is 1.59 bits per heavy atom. The molecular formula is C11H12ClN3OS. The minimum Gasteiger partial charge on any atom is -0.359 e. The van der Waals surface area contributed by atoms with Crippen molar-refractivity contribution < 1.29 is 4.79 Å². The molecule has 2 rings (SSSR count). The van der Waals surface area contributed by atoms with Gasteiger partial charge >= 0.3 is 0 Å². The van der Waals surface area contributed by atoms with E-state index in [0.29, 0.717) is 22.8 Å². The van der Waals surface area contributed by atoms with E-state index in [9.17, 15) is 4.79 Å². The number of carbonyl (C=O) groups excluding carboxylic acids is 1. The molecule has 0 saturated heterocycles. The molecular weight excluding hydrogens is 258 g/mol. The summed E-state index contributed by atoms with van der Waals surface area (Å²) in [6, 6.07) is 5.52. The number of fused-ring (bicyclic) bond motifs is 1. The lowest BCUT2D eigenvalue weighted by Crippen LogP contribution is -2.19. The molecule has 0 fully saturated rings. The Bertz CT molecular complexity index is 617. The van der Waals surface area contributed by atoms with Gasteiger partial charge in [-0.3, -0.25) is 4.79 Å². The molecule has 0 aliphatic rings. The van der Waals surface area contributed by atoms with E-state index in [0.717, 1.165) is 11.0 Å². The SMILES string of the molecule is CNC(=O)CCn1c(=S)[nH]c2ccc(Cl)cc21. The molecule has 6 heteroatoms. The van der Waals surface area contributed by atoms with Gasteiger partial charge in [0.05, 0.1) is 11.0 Å². The van der Waals surface area contributed by atoms with Crippen molar-refractivity contribution in [3.8, 4) is 0 Å². The third kappa shape index (κ3) is 2.50. The number of hydrogen-bond acceptors (Lipinski definition) is 2. The van der Waals surface area contributed by atoms with Gasteiger partial charge in [0.15, 0.2) is 4.77 Å². The van der Waals surface area contributed by atoms with E-state index in [1.807, 2.05) is 16.7 Å². The Kier molecular flexibility index (Phi) is 3.49. The number of rotatable bonds is 3. The normalized spacial score (nSPS) is 10.7. The molecule has 17 heavy (non-hydrogen) atoms. The van der Waals surface area contributed by atoms with Crippen LogP contribution in [0.25, 0.3) is 11.0 Å². The molecule has 0 aliphatic heterocycles. The molecule has 0 spiro atoms. The van der Waals surface area contributed by atoms with Gasteiger partial charge in [0, 0.05) is 25.0 Å². The number of hydrogen-bond donors (Lipinski definition) is 2. The number of carbonyl (C=O) groups is 1. The summed E-state index contributed by atoms with van der Waals surface area (Å²) in [6.07, 6.45) is 0.393. The van der Waals surface area contributed by atoms with Crippen LogP contribution in [-0.2, 0) is 11.3 Å². The molecule has 4 nitrogen and oxygen atoms in total. The second-order valence-corrected chi connectivity index (χ2v) is 4.49. The van der Waals surface area contributed by atoms with Crippen LogP contribution in [0.1, 0.15) is 6.42 Å². The van der Waals surface area contributed by atoms with Gasteiger partial charge in [-0.2, -0.15) is 0 Å². The Morgan fingerprint density at radius 2 is 2.35 bits per heavy atom. The Hall–Kier alpha value is -1.33. The van der Waals surface area contributed by atoms with E-state index < -0.39 is 0 Å². The third-order valence-electron chi connectivity index (χ3n) is 2.58. The summed E-state index contributed by atoms with van der Waals surface area (Å²) in [5, 5.41) is 3.24. The third-order valence-corrected chi connectivity index (χ3v) is 3.14. The first kappa shape index (κ1) is 12.1. The summed E-state index contributed by atoms with van der Waals surface area (Å²) in [5.41, 5.74) is 1.85. The fourth-order valence-electron chi connectivity index (χ4n) is 1.69. The summed E-state index contributed by atoms with van der Waals surface area (Å²) < 4.78 is 2.48. The summed E-state index contributed by atoms with van der Waals surface area (Å²) in [6.45, 7) is 0.541. The maximum atomic E-state index is 11.2. The quantitative estimate of drug-likeness (QED) is 0.841. The molecule has 0 atom stereocenters. The van der Waals surface area contributed by atoms with Crippen molar-refractivity contribution in [2.45, 2.75) is 13.0 Å². The zero-order chi connectivity index (χ0) is 12.4. The van der Waals surface area contributed by atoms with Crippen LogP contribution < -0.4 is 5.32 Å². The first-order valence-corrected chi connectivity index (χ1v) is 5.99. The van der Waals surface area contributed by atoms with Gasteiger partial charge in [0.25, 0.3) is 0 Å². The highest BCUT2D eigenvalue weighted by Gasteiger charge is 2.06. The molecule has 1 aromatic carbocycles. The van der Waals surface area contributed by atoms with Crippen molar-refractivity contribution in [1.29, 1.82) is 0 Å². The number of nitrogens with one attached hydrogen (secondary N) is 2. The summed E-state index contributed by atoms with van der Waals surface area (Å²) in [5.74, 6) is -0.0109. The van der Waals surface area contributed by atoms with E-state index in [-0.39, 0.29) is 5.91 Å². The highest BCUT2D eigenvalue weighted by molar-refractivity contribution is 7.71. The molecule has 0 unspecified atom stereocenters. The number of benzene rings is 1. The number of imidazole rings is 1. The van der Waals surface area contributed by atoms with Gasteiger partial charge in [0.1, 0.15) is 0 Å². The van der Waals surface area contributed by atoms with Crippen molar-refractivity contribution in [1.82, 2.24) is 14.9 Å². The van der Waals surface area contributed by atoms with Crippen LogP contribution in [0.4, 0.5) is 0 Å². The minimum absolute atomic E-state index is 0.0109. The number of aromatic nitrogens is 2. The molecule has 2 aromatic rings. The number of aryl methyl sites for hydroxylation is 1. The Balaban J connectivity index is 2.38. The highest BCUT2D eigenvalue weighted by Crippen LogP contribution is 2.19. The molecule has 0 aliphatic carbocycles. The van der Waals surface area contributed by atoms with Gasteiger partial charge in [-0.15, -0.1) is 0 Å². The summed E-state index contributed by atoms with van der Waals surface area (Å²) in [4.78, 5) is 14.3. The molecule has 0 saturated carbocycles. The monoisotopic (exact) mass is 269 g/mol. The van der Waals surface area contributed by atoms with Crippen LogP contribution >= 0.6 is 23.8 Å². The second kappa shape index (κ2) is 4.89. The van der Waals surface area contributed by atoms with Gasteiger partial charge in [-0.25, -0.2) is 0 Å². The van der Waals surface area contributed by atoms with Crippen molar-refractivity contribution >= 4 is 40.8 Å². The second-order valence-electron chi connectivity index (χ2n) is 3.67. The highest BCUT2D eigenvalue weighted by atomic mass is 35.5. The van der Waals surface area contributed by atoms with Gasteiger partial charge in [-0.05, 0) is 30.4 Å². The fraction of sp³-hybridized carbons (Fsp3) is 0.273. The predicted octanol–water partition coefficient (Wildman–Crippen LogP) is 2.49. The van der Waals surface area contributed by atoms with Crippen molar-refractivity contribution in [2.24, 2.45) is 0 Å². The molecule has 1 aromatic heterocycles. The van der Waals surface area contributed by atoms with Crippen molar-refractivity contribution in [3.05, 3.63) is 28.0 Å². The van der Waals surface area contributed by atoms with Crippen LogP contribution in [0.3, 0.4) is 0 Å². The molecule has 1 heterocycles. The number of nitrogens with zero attached hydrogens (tertiary/aromatic N) is 1. The predicted molar refractivity (Wildman–Crippen MR) is 70.8 cm³/mol. The average molecular weight is 270 g/mol. The lowest BCUT2D eigenvalue weighted by molar-refractivity contribution is -0.120. The van der Waals surface area contributed by atoms with Crippen LogP contribution in [0.2, 0.25) is 5.02 Å².